The highest BCUT2D eigenvalue weighted by atomic mass is 16.6. The first-order chi connectivity index (χ1) is 19.3. The average Bonchev–Trinajstić information content (AvgIpc) is 3.52. The van der Waals surface area contributed by atoms with Gasteiger partial charge < -0.3 is 29.7 Å². The van der Waals surface area contributed by atoms with Crippen LogP contribution in [0, 0.1) is 0 Å². The van der Waals surface area contributed by atoms with Crippen molar-refractivity contribution in [2.24, 2.45) is 5.73 Å². The third kappa shape index (κ3) is 5.21. The highest BCUT2D eigenvalue weighted by molar-refractivity contribution is 5.86. The normalized spacial score (nSPS) is 24.8. The topological polar surface area (TPSA) is 102 Å². The summed E-state index contributed by atoms with van der Waals surface area (Å²) in [4.78, 5) is 28.2. The first-order valence-electron chi connectivity index (χ1n) is 14.5. The number of amides is 1. The Morgan fingerprint density at radius 2 is 1.57 bits per heavy atom. The minimum Gasteiger partial charge on any atom is -0.459 e. The zero-order valence-electron chi connectivity index (χ0n) is 23.4. The molecular formula is C32H42N3O5+. The molecule has 3 fully saturated rings. The van der Waals surface area contributed by atoms with E-state index in [-0.39, 0.29) is 12.6 Å². The largest absolute Gasteiger partial charge is 0.459 e. The molecule has 0 saturated carbocycles. The lowest BCUT2D eigenvalue weighted by molar-refractivity contribution is -0.956. The van der Waals surface area contributed by atoms with Crippen LogP contribution in [0.5, 0.6) is 0 Å². The van der Waals surface area contributed by atoms with Gasteiger partial charge in [0.05, 0.1) is 31.7 Å². The fourth-order valence-corrected chi connectivity index (χ4v) is 7.39. The monoisotopic (exact) mass is 548 g/mol. The van der Waals surface area contributed by atoms with E-state index in [4.69, 9.17) is 15.2 Å². The number of carbonyl (C=O) groups is 2. The number of piperidine rings is 1. The molecule has 4 atom stereocenters. The van der Waals surface area contributed by atoms with Crippen LogP contribution in [0.1, 0.15) is 49.7 Å². The summed E-state index contributed by atoms with van der Waals surface area (Å²) >= 11 is 0. The van der Waals surface area contributed by atoms with Crippen molar-refractivity contribution in [3.8, 4) is 0 Å². The molecule has 3 N–H and O–H groups in total. The molecule has 3 aliphatic heterocycles. The summed E-state index contributed by atoms with van der Waals surface area (Å²) in [6.07, 6.45) is 6.26. The Morgan fingerprint density at radius 3 is 2.08 bits per heavy atom. The molecule has 3 heterocycles. The van der Waals surface area contributed by atoms with Crippen molar-refractivity contribution in [1.29, 1.82) is 0 Å². The van der Waals surface area contributed by atoms with Crippen molar-refractivity contribution in [1.82, 2.24) is 4.90 Å². The first-order valence-corrected chi connectivity index (χ1v) is 14.5. The Kier molecular flexibility index (Phi) is 8.42. The number of aliphatic hydroxyl groups excluding tert-OH is 1. The Morgan fingerprint density at radius 1 is 1.05 bits per heavy atom. The number of ether oxygens (including phenoxy) is 2. The van der Waals surface area contributed by atoms with E-state index < -0.39 is 29.8 Å². The number of rotatable bonds is 10. The highest BCUT2D eigenvalue weighted by Gasteiger charge is 2.57. The van der Waals surface area contributed by atoms with Gasteiger partial charge in [-0.15, -0.1) is 6.58 Å². The second-order valence-electron chi connectivity index (χ2n) is 11.6. The molecule has 3 saturated heterocycles. The zero-order valence-corrected chi connectivity index (χ0v) is 23.4. The summed E-state index contributed by atoms with van der Waals surface area (Å²) in [5.74, 6) is -0.970. The van der Waals surface area contributed by atoms with Crippen LogP contribution in [0.4, 0.5) is 0 Å². The number of hydrogen-bond acceptors (Lipinski definition) is 6. The van der Waals surface area contributed by atoms with Crippen LogP contribution in [0.15, 0.2) is 73.3 Å². The molecule has 1 spiro atoms. The van der Waals surface area contributed by atoms with Gasteiger partial charge in [-0.3, -0.25) is 4.79 Å². The van der Waals surface area contributed by atoms with Gasteiger partial charge in [0.15, 0.2) is 6.29 Å². The van der Waals surface area contributed by atoms with Crippen molar-refractivity contribution in [3.05, 3.63) is 84.4 Å². The smallest absolute Gasteiger partial charge is 0.348 e. The Hall–Kier alpha value is -3.04. The number of quaternary nitrogens is 1. The fraction of sp³-hybridized carbons (Fsp3) is 0.500. The van der Waals surface area contributed by atoms with Crippen molar-refractivity contribution < 1.29 is 28.7 Å². The fourth-order valence-electron chi connectivity index (χ4n) is 7.39. The van der Waals surface area contributed by atoms with Crippen LogP contribution < -0.4 is 5.73 Å². The Labute approximate surface area is 236 Å². The summed E-state index contributed by atoms with van der Waals surface area (Å²) in [5.41, 5.74) is 5.18. The zero-order chi connectivity index (χ0) is 28.3. The number of nitrogens with two attached hydrogens (primary N) is 1. The maximum Gasteiger partial charge on any atom is 0.348 e. The van der Waals surface area contributed by atoms with Crippen LogP contribution in [0.25, 0.3) is 0 Å². The van der Waals surface area contributed by atoms with Gasteiger partial charge in [-0.25, -0.2) is 4.79 Å². The summed E-state index contributed by atoms with van der Waals surface area (Å²) in [5, 5.41) is 11.2. The number of esters is 1. The van der Waals surface area contributed by atoms with Crippen LogP contribution in [-0.2, 0) is 24.7 Å². The summed E-state index contributed by atoms with van der Waals surface area (Å²) in [6.45, 7) is 5.86. The van der Waals surface area contributed by atoms with E-state index in [1.54, 1.807) is 24.3 Å². The van der Waals surface area contributed by atoms with Crippen molar-refractivity contribution in [2.45, 2.75) is 74.6 Å². The van der Waals surface area contributed by atoms with Gasteiger partial charge in [-0.1, -0.05) is 66.7 Å². The predicted octanol–water partition coefficient (Wildman–Crippen LogP) is 3.08. The maximum atomic E-state index is 14.4. The molecule has 2 bridgehead atoms. The van der Waals surface area contributed by atoms with Crippen LogP contribution in [-0.4, -0.2) is 83.6 Å². The van der Waals surface area contributed by atoms with Gasteiger partial charge in [0.25, 0.3) is 0 Å². The molecule has 3 unspecified atom stereocenters. The molecule has 40 heavy (non-hydrogen) atoms. The highest BCUT2D eigenvalue weighted by Crippen LogP contribution is 2.47. The molecule has 3 aliphatic rings. The molecule has 1 amide bonds. The van der Waals surface area contributed by atoms with E-state index in [9.17, 15) is 14.7 Å². The van der Waals surface area contributed by atoms with Crippen LogP contribution in [0.2, 0.25) is 0 Å². The molecule has 8 nitrogen and oxygen atoms in total. The lowest BCUT2D eigenvalue weighted by Gasteiger charge is -2.47. The lowest BCUT2D eigenvalue weighted by atomic mass is 9.85. The number of carbonyl (C=O) groups excluding carboxylic acids is 2. The van der Waals surface area contributed by atoms with Gasteiger partial charge in [-0.2, -0.15) is 0 Å². The standard InChI is InChI=1S/C32H42N3O5/c1-3-28(33)30(37)34(2)22-29(36)40-32(23-12-6-4-7-13-23,24-14-8-5-9-15-24)31(38)39-27-20-25-16-17-26(21-27)35(25)18-10-11-19-35/h3-9,12-15,25-29,36H,1,10-11,16-22,33H2,2H3/q+1/t25?,26?,27?,28-,29?/m0/s1. The van der Waals surface area contributed by atoms with Gasteiger partial charge in [0.2, 0.25) is 11.5 Å². The maximum absolute atomic E-state index is 14.4. The molecular weight excluding hydrogens is 506 g/mol. The second-order valence-corrected chi connectivity index (χ2v) is 11.6. The lowest BCUT2D eigenvalue weighted by Crippen LogP contribution is -2.60. The van der Waals surface area contributed by atoms with Gasteiger partial charge in [-0.05, 0) is 11.1 Å². The van der Waals surface area contributed by atoms with Gasteiger partial charge in [0, 0.05) is 45.6 Å². The van der Waals surface area contributed by atoms with Gasteiger partial charge in [0.1, 0.15) is 12.1 Å². The third-order valence-electron chi connectivity index (χ3n) is 9.34. The molecule has 8 heteroatoms. The molecule has 0 radical (unpaired) electrons. The number of nitrogens with zero attached hydrogens (tertiary/aromatic N) is 2. The van der Waals surface area contributed by atoms with Crippen LogP contribution >= 0.6 is 0 Å². The third-order valence-corrected chi connectivity index (χ3v) is 9.34. The second kappa shape index (κ2) is 11.8. The number of hydrogen-bond donors (Lipinski definition) is 2. The molecule has 5 rings (SSSR count). The van der Waals surface area contributed by atoms with E-state index in [0.29, 0.717) is 23.2 Å². The Balaban J connectivity index is 1.44. The molecule has 2 aromatic rings. The van der Waals surface area contributed by atoms with E-state index >= 15 is 0 Å². The van der Waals surface area contributed by atoms with E-state index in [1.165, 1.54) is 61.3 Å². The summed E-state index contributed by atoms with van der Waals surface area (Å²) < 4.78 is 13.9. The van der Waals surface area contributed by atoms with E-state index in [0.717, 1.165) is 12.8 Å². The predicted molar refractivity (Wildman–Crippen MR) is 152 cm³/mol. The Bertz CT molecular complexity index is 1130. The van der Waals surface area contributed by atoms with Crippen molar-refractivity contribution >= 4 is 11.9 Å². The molecule has 0 aliphatic carbocycles. The number of likely N-dealkylation sites (N-methyl/N-ethyl adjacent to an activating group) is 1. The molecule has 2 aromatic carbocycles. The molecule has 214 valence electrons. The average molecular weight is 549 g/mol. The van der Waals surface area contributed by atoms with E-state index in [2.05, 4.69) is 6.58 Å². The summed E-state index contributed by atoms with van der Waals surface area (Å²) in [6, 6.07) is 18.4. The SMILES string of the molecule is C=C[C@H](N)C(=O)N(C)CC(O)OC(C(=O)OC1CC2CCC(C1)[N+]21CCCC1)(c1ccccc1)c1ccccc1. The van der Waals surface area contributed by atoms with E-state index in [1.807, 2.05) is 36.4 Å². The minimum atomic E-state index is -1.73. The first kappa shape index (κ1) is 28.5. The van der Waals surface area contributed by atoms with Crippen molar-refractivity contribution in [2.75, 3.05) is 26.7 Å². The van der Waals surface area contributed by atoms with Crippen LogP contribution in [0.3, 0.4) is 0 Å². The van der Waals surface area contributed by atoms with Gasteiger partial charge >= 0.3 is 5.97 Å². The molecule has 0 aromatic heterocycles. The number of aliphatic hydroxyl groups is 1. The number of benzene rings is 2. The van der Waals surface area contributed by atoms with Crippen molar-refractivity contribution in [3.63, 3.8) is 0 Å². The quantitative estimate of drug-likeness (QED) is 0.205. The minimum absolute atomic E-state index is 0.192. The summed E-state index contributed by atoms with van der Waals surface area (Å²) in [7, 11) is 1.53.